The molecule has 0 aromatic rings. The fourth-order valence-corrected chi connectivity index (χ4v) is 0.544. The molecule has 5 N–H and O–H groups in total. The number of guanidine groups is 1. The van der Waals surface area contributed by atoms with Gasteiger partial charge in [0.2, 0.25) is 0 Å². The van der Waals surface area contributed by atoms with Gasteiger partial charge in [0.05, 0.1) is 6.54 Å². The van der Waals surface area contributed by atoms with Crippen LogP contribution < -0.4 is 11.5 Å². The molecule has 60 valence electrons. The van der Waals surface area contributed by atoms with Crippen LogP contribution in [-0.2, 0) is 9.37 Å². The van der Waals surface area contributed by atoms with E-state index < -0.39 is 0 Å². The number of hydrogen-bond donors (Lipinski definition) is 3. The van der Waals surface area contributed by atoms with Crippen molar-refractivity contribution in [2.24, 2.45) is 16.5 Å². The maximum atomic E-state index is 7.65. The zero-order valence-electron chi connectivity index (χ0n) is 5.19. The Kier molecular flexibility index (Phi) is 6.29. The molecule has 0 aromatic heterocycles. The standard InChI is InChI=1S/C3H9N3O3S/c4-3(5)6-1-2-10-9-8-7/h7H,1-2H2,(H4,4,5,6). The lowest BCUT2D eigenvalue weighted by molar-refractivity contribution is -0.432. The molecule has 0 amide bonds. The van der Waals surface area contributed by atoms with Gasteiger partial charge in [-0.05, 0) is 0 Å². The molecular weight excluding hydrogens is 158 g/mol. The smallest absolute Gasteiger partial charge is 0.185 e. The molecule has 0 fully saturated rings. The van der Waals surface area contributed by atoms with Gasteiger partial charge in [-0.2, -0.15) is 0 Å². The number of rotatable bonds is 5. The highest BCUT2D eigenvalue weighted by Crippen LogP contribution is 1.99. The molecule has 10 heavy (non-hydrogen) atoms. The quantitative estimate of drug-likeness (QED) is 0.125. The molecule has 0 heterocycles. The van der Waals surface area contributed by atoms with Crippen molar-refractivity contribution < 1.29 is 14.6 Å². The second kappa shape index (κ2) is 6.62. The molecule has 0 saturated carbocycles. The van der Waals surface area contributed by atoms with Gasteiger partial charge in [-0.3, -0.25) is 4.99 Å². The van der Waals surface area contributed by atoms with E-state index in [4.69, 9.17) is 16.7 Å². The molecular formula is C3H9N3O3S. The molecule has 0 aromatic carbocycles. The van der Waals surface area contributed by atoms with E-state index >= 15 is 0 Å². The van der Waals surface area contributed by atoms with Crippen molar-refractivity contribution in [2.75, 3.05) is 12.3 Å². The molecule has 0 aliphatic carbocycles. The summed E-state index contributed by atoms with van der Waals surface area (Å²) in [7, 11) is 0. The van der Waals surface area contributed by atoms with Gasteiger partial charge in [0.15, 0.2) is 5.96 Å². The Morgan fingerprint density at radius 1 is 1.60 bits per heavy atom. The molecule has 0 bridgehead atoms. The van der Waals surface area contributed by atoms with Gasteiger partial charge in [-0.15, -0.1) is 4.33 Å². The van der Waals surface area contributed by atoms with Gasteiger partial charge in [-0.1, -0.05) is 5.04 Å². The van der Waals surface area contributed by atoms with E-state index in [9.17, 15) is 0 Å². The lowest BCUT2D eigenvalue weighted by Gasteiger charge is -1.93. The Morgan fingerprint density at radius 2 is 2.30 bits per heavy atom. The third-order valence-corrected chi connectivity index (χ3v) is 1.05. The zero-order chi connectivity index (χ0) is 7.82. The maximum absolute atomic E-state index is 7.65. The van der Waals surface area contributed by atoms with Gasteiger partial charge in [-0.25, -0.2) is 5.26 Å². The number of nitrogens with zero attached hydrogens (tertiary/aromatic N) is 1. The average molecular weight is 167 g/mol. The van der Waals surface area contributed by atoms with Crippen molar-refractivity contribution in [3.63, 3.8) is 0 Å². The number of hydrogen-bond acceptors (Lipinski definition) is 5. The first kappa shape index (κ1) is 9.50. The SMILES string of the molecule is NC(N)=NCCSOOO. The van der Waals surface area contributed by atoms with E-state index in [0.717, 1.165) is 12.0 Å². The normalized spacial score (nSPS) is 9.30. The summed E-state index contributed by atoms with van der Waals surface area (Å²) in [5, 5.41) is 10.9. The van der Waals surface area contributed by atoms with Crippen molar-refractivity contribution >= 4 is 18.0 Å². The largest absolute Gasteiger partial charge is 0.370 e. The second-order valence-electron chi connectivity index (χ2n) is 1.27. The van der Waals surface area contributed by atoms with Crippen LogP contribution in [0.4, 0.5) is 0 Å². The van der Waals surface area contributed by atoms with Gasteiger partial charge in [0, 0.05) is 17.8 Å². The Balaban J connectivity index is 2.98. The highest BCUT2D eigenvalue weighted by atomic mass is 32.2. The van der Waals surface area contributed by atoms with Gasteiger partial charge < -0.3 is 11.5 Å². The van der Waals surface area contributed by atoms with Crippen molar-refractivity contribution in [1.82, 2.24) is 0 Å². The van der Waals surface area contributed by atoms with Gasteiger partial charge >= 0.3 is 0 Å². The van der Waals surface area contributed by atoms with E-state index in [1.807, 2.05) is 0 Å². The lowest BCUT2D eigenvalue weighted by Crippen LogP contribution is -2.23. The molecule has 0 unspecified atom stereocenters. The van der Waals surface area contributed by atoms with Gasteiger partial charge in [0.25, 0.3) is 0 Å². The molecule has 0 aliphatic heterocycles. The average Bonchev–Trinajstić information content (AvgIpc) is 1.87. The van der Waals surface area contributed by atoms with E-state index in [-0.39, 0.29) is 5.96 Å². The molecule has 0 rings (SSSR count). The molecule has 6 nitrogen and oxygen atoms in total. The summed E-state index contributed by atoms with van der Waals surface area (Å²) in [6.07, 6.45) is 0. The highest BCUT2D eigenvalue weighted by Gasteiger charge is 1.87. The summed E-state index contributed by atoms with van der Waals surface area (Å²) in [4.78, 5) is 3.63. The third-order valence-electron chi connectivity index (χ3n) is 0.548. The Morgan fingerprint density at radius 3 is 2.80 bits per heavy atom. The van der Waals surface area contributed by atoms with Crippen molar-refractivity contribution in [3.8, 4) is 0 Å². The predicted octanol–water partition coefficient (Wildman–Crippen LogP) is -0.671. The minimum Gasteiger partial charge on any atom is -0.370 e. The van der Waals surface area contributed by atoms with Crippen LogP contribution in [0.3, 0.4) is 0 Å². The van der Waals surface area contributed by atoms with Crippen molar-refractivity contribution in [2.45, 2.75) is 0 Å². The fraction of sp³-hybridized carbons (Fsp3) is 0.667. The van der Waals surface area contributed by atoms with Crippen LogP contribution >= 0.6 is 12.0 Å². The van der Waals surface area contributed by atoms with Crippen LogP contribution in [-0.4, -0.2) is 23.5 Å². The maximum Gasteiger partial charge on any atom is 0.185 e. The van der Waals surface area contributed by atoms with Crippen LogP contribution in [0.15, 0.2) is 4.99 Å². The summed E-state index contributed by atoms with van der Waals surface area (Å²) in [5.74, 6) is 0.545. The zero-order valence-corrected chi connectivity index (χ0v) is 6.00. The van der Waals surface area contributed by atoms with Crippen LogP contribution in [0.25, 0.3) is 0 Å². The Labute approximate surface area is 62.3 Å². The summed E-state index contributed by atoms with van der Waals surface area (Å²) in [6.45, 7) is 0.427. The first-order valence-electron chi connectivity index (χ1n) is 2.42. The molecule has 0 spiro atoms. The monoisotopic (exact) mass is 167 g/mol. The summed E-state index contributed by atoms with van der Waals surface area (Å²) in [5.41, 5.74) is 10.0. The Hall–Kier alpha value is -0.500. The molecule has 0 radical (unpaired) electrons. The topological polar surface area (TPSA) is 103 Å². The van der Waals surface area contributed by atoms with E-state index in [0.29, 0.717) is 12.3 Å². The second-order valence-corrected chi connectivity index (χ2v) is 2.05. The van der Waals surface area contributed by atoms with Crippen molar-refractivity contribution in [1.29, 1.82) is 0 Å². The van der Waals surface area contributed by atoms with Crippen LogP contribution in [0.1, 0.15) is 0 Å². The van der Waals surface area contributed by atoms with E-state index in [1.165, 1.54) is 0 Å². The fourth-order valence-electron chi connectivity index (χ4n) is 0.268. The van der Waals surface area contributed by atoms with Crippen LogP contribution in [0.5, 0.6) is 0 Å². The first-order chi connectivity index (χ1) is 4.77. The lowest BCUT2D eigenvalue weighted by atomic mass is 10.8. The van der Waals surface area contributed by atoms with Crippen molar-refractivity contribution in [3.05, 3.63) is 0 Å². The minimum absolute atomic E-state index is 0.0329. The summed E-state index contributed by atoms with van der Waals surface area (Å²) < 4.78 is 4.04. The molecule has 0 atom stereocenters. The molecule has 0 saturated heterocycles. The van der Waals surface area contributed by atoms with Crippen LogP contribution in [0, 0.1) is 0 Å². The van der Waals surface area contributed by atoms with E-state index in [1.54, 1.807) is 0 Å². The predicted molar refractivity (Wildman–Crippen MR) is 37.9 cm³/mol. The molecule has 0 aliphatic rings. The van der Waals surface area contributed by atoms with Crippen LogP contribution in [0.2, 0.25) is 0 Å². The van der Waals surface area contributed by atoms with E-state index in [2.05, 4.69) is 14.4 Å². The summed E-state index contributed by atoms with van der Waals surface area (Å²) in [6, 6.07) is 0. The van der Waals surface area contributed by atoms with Gasteiger partial charge in [0.1, 0.15) is 0 Å². The minimum atomic E-state index is 0.0329. The third kappa shape index (κ3) is 7.50. The number of aliphatic imine (C=N–C) groups is 1. The summed E-state index contributed by atoms with van der Waals surface area (Å²) >= 11 is 0.905. The highest BCUT2D eigenvalue weighted by molar-refractivity contribution is 7.94. The first-order valence-corrected chi connectivity index (χ1v) is 3.33. The molecule has 7 heteroatoms. The Bertz CT molecular complexity index is 105. The number of nitrogens with two attached hydrogens (primary N) is 2.